The maximum Gasteiger partial charge on any atom is 0.233 e. The fraction of sp³-hybridized carbons (Fsp3) is 0.400. The number of amides is 1. The fourth-order valence-corrected chi connectivity index (χ4v) is 4.49. The normalized spacial score (nSPS) is 13.4. The Kier molecular flexibility index (Phi) is 7.16. The van der Waals surface area contributed by atoms with Crippen molar-refractivity contribution in [3.05, 3.63) is 33.8 Å². The average Bonchev–Trinajstić information content (AvgIpc) is 2.94. The number of aromatic nitrogens is 2. The lowest BCUT2D eigenvalue weighted by molar-refractivity contribution is -0.120. The Bertz CT molecular complexity index is 711. The number of rotatable bonds is 7. The average molecular weight is 405 g/mol. The summed E-state index contributed by atoms with van der Waals surface area (Å²) in [7, 11) is 0. The highest BCUT2D eigenvalue weighted by atomic mass is 35.5. The molecule has 1 aromatic heterocycles. The molecule has 0 aliphatic heterocycles. The SMILES string of the molecule is CCNc1nnc(S[C@@H](C)C(=O)N[C@@H](C)c2ccc(Cl)cc2Cl)s1. The van der Waals surface area contributed by atoms with Gasteiger partial charge in [0, 0.05) is 16.6 Å². The zero-order chi connectivity index (χ0) is 17.7. The fourth-order valence-electron chi connectivity index (χ4n) is 1.95. The number of halogens is 2. The van der Waals surface area contributed by atoms with Crippen molar-refractivity contribution in [1.29, 1.82) is 0 Å². The summed E-state index contributed by atoms with van der Waals surface area (Å²) in [5.74, 6) is -0.0845. The van der Waals surface area contributed by atoms with E-state index in [9.17, 15) is 4.79 Å². The maximum absolute atomic E-state index is 12.4. The number of nitrogens with one attached hydrogen (secondary N) is 2. The highest BCUT2D eigenvalue weighted by molar-refractivity contribution is 8.02. The van der Waals surface area contributed by atoms with E-state index in [2.05, 4.69) is 20.8 Å². The predicted octanol–water partition coefficient (Wildman–Crippen LogP) is 4.63. The molecule has 5 nitrogen and oxygen atoms in total. The molecule has 0 saturated carbocycles. The first-order valence-corrected chi connectivity index (χ1v) is 9.85. The van der Waals surface area contributed by atoms with Gasteiger partial charge in [0.05, 0.1) is 11.3 Å². The summed E-state index contributed by atoms with van der Waals surface area (Å²) in [6.07, 6.45) is 0. The molecule has 0 radical (unpaired) electrons. The highest BCUT2D eigenvalue weighted by Crippen LogP contribution is 2.30. The molecule has 2 atom stereocenters. The second-order valence-electron chi connectivity index (χ2n) is 5.06. The van der Waals surface area contributed by atoms with Gasteiger partial charge in [-0.05, 0) is 38.5 Å². The van der Waals surface area contributed by atoms with Crippen molar-refractivity contribution < 1.29 is 4.79 Å². The van der Waals surface area contributed by atoms with Gasteiger partial charge in [0.2, 0.25) is 11.0 Å². The van der Waals surface area contributed by atoms with E-state index in [1.807, 2.05) is 26.8 Å². The van der Waals surface area contributed by atoms with Gasteiger partial charge in [-0.3, -0.25) is 4.79 Å². The van der Waals surface area contributed by atoms with Crippen LogP contribution in [0, 0.1) is 0 Å². The van der Waals surface area contributed by atoms with E-state index in [1.54, 1.807) is 12.1 Å². The number of carbonyl (C=O) groups excluding carboxylic acids is 1. The van der Waals surface area contributed by atoms with Crippen LogP contribution in [0.15, 0.2) is 22.5 Å². The number of anilines is 1. The molecular weight excluding hydrogens is 387 g/mol. The lowest BCUT2D eigenvalue weighted by Gasteiger charge is -2.18. The predicted molar refractivity (Wildman–Crippen MR) is 102 cm³/mol. The van der Waals surface area contributed by atoms with Crippen molar-refractivity contribution in [1.82, 2.24) is 15.5 Å². The summed E-state index contributed by atoms with van der Waals surface area (Å²) in [5, 5.41) is 15.7. The van der Waals surface area contributed by atoms with E-state index in [0.29, 0.717) is 10.0 Å². The number of benzene rings is 1. The molecule has 2 N–H and O–H groups in total. The maximum atomic E-state index is 12.4. The Labute approximate surface area is 159 Å². The van der Waals surface area contributed by atoms with Crippen molar-refractivity contribution in [2.45, 2.75) is 36.4 Å². The quantitative estimate of drug-likeness (QED) is 0.658. The van der Waals surface area contributed by atoms with Crippen LogP contribution in [-0.2, 0) is 4.79 Å². The summed E-state index contributed by atoms with van der Waals surface area (Å²) in [6.45, 7) is 6.51. The molecule has 1 amide bonds. The van der Waals surface area contributed by atoms with Gasteiger partial charge < -0.3 is 10.6 Å². The largest absolute Gasteiger partial charge is 0.360 e. The monoisotopic (exact) mass is 404 g/mol. The van der Waals surface area contributed by atoms with Gasteiger partial charge in [-0.15, -0.1) is 10.2 Å². The number of hydrogen-bond donors (Lipinski definition) is 2. The van der Waals surface area contributed by atoms with Gasteiger partial charge in [0.25, 0.3) is 0 Å². The molecule has 1 heterocycles. The Morgan fingerprint density at radius 1 is 1.33 bits per heavy atom. The molecule has 2 rings (SSSR count). The topological polar surface area (TPSA) is 66.9 Å². The summed E-state index contributed by atoms with van der Waals surface area (Å²) < 4.78 is 0.755. The smallest absolute Gasteiger partial charge is 0.233 e. The van der Waals surface area contributed by atoms with Crippen molar-refractivity contribution >= 4 is 57.3 Å². The van der Waals surface area contributed by atoms with Crippen LogP contribution in [0.5, 0.6) is 0 Å². The van der Waals surface area contributed by atoms with Gasteiger partial charge in [-0.2, -0.15) is 0 Å². The molecule has 9 heteroatoms. The van der Waals surface area contributed by atoms with Gasteiger partial charge >= 0.3 is 0 Å². The van der Waals surface area contributed by atoms with E-state index in [0.717, 1.165) is 21.6 Å². The third-order valence-corrected chi connectivity index (χ3v) is 5.80. The molecule has 0 spiro atoms. The van der Waals surface area contributed by atoms with Crippen LogP contribution in [0.1, 0.15) is 32.4 Å². The van der Waals surface area contributed by atoms with Gasteiger partial charge in [-0.1, -0.05) is 52.4 Å². The second kappa shape index (κ2) is 8.89. The first-order valence-electron chi connectivity index (χ1n) is 7.40. The van der Waals surface area contributed by atoms with Crippen molar-refractivity contribution in [3.63, 3.8) is 0 Å². The minimum absolute atomic E-state index is 0.0845. The first-order chi connectivity index (χ1) is 11.4. The molecule has 24 heavy (non-hydrogen) atoms. The van der Waals surface area contributed by atoms with Gasteiger partial charge in [0.1, 0.15) is 0 Å². The van der Waals surface area contributed by atoms with Crippen molar-refractivity contribution in [2.75, 3.05) is 11.9 Å². The van der Waals surface area contributed by atoms with Crippen molar-refractivity contribution in [3.8, 4) is 0 Å². The highest BCUT2D eigenvalue weighted by Gasteiger charge is 2.20. The van der Waals surface area contributed by atoms with E-state index in [-0.39, 0.29) is 17.2 Å². The molecule has 0 aliphatic carbocycles. The molecule has 0 bridgehead atoms. The Hall–Kier alpha value is -1.02. The summed E-state index contributed by atoms with van der Waals surface area (Å²) >= 11 is 14.9. The summed E-state index contributed by atoms with van der Waals surface area (Å²) in [4.78, 5) is 12.4. The number of thioether (sulfide) groups is 1. The van der Waals surface area contributed by atoms with Crippen LogP contribution in [-0.4, -0.2) is 27.9 Å². The molecule has 1 aromatic carbocycles. The minimum atomic E-state index is -0.291. The summed E-state index contributed by atoms with van der Waals surface area (Å²) in [5.41, 5.74) is 0.831. The first kappa shape index (κ1) is 19.3. The van der Waals surface area contributed by atoms with Crippen LogP contribution in [0.4, 0.5) is 5.13 Å². The summed E-state index contributed by atoms with van der Waals surface area (Å²) in [6, 6.07) is 5.04. The molecule has 0 aliphatic rings. The zero-order valence-corrected chi connectivity index (χ0v) is 16.6. The minimum Gasteiger partial charge on any atom is -0.360 e. The van der Waals surface area contributed by atoms with E-state index in [1.165, 1.54) is 23.1 Å². The van der Waals surface area contributed by atoms with Crippen LogP contribution in [0.3, 0.4) is 0 Å². The van der Waals surface area contributed by atoms with Crippen LogP contribution in [0.25, 0.3) is 0 Å². The van der Waals surface area contributed by atoms with Gasteiger partial charge in [-0.25, -0.2) is 0 Å². The van der Waals surface area contributed by atoms with Gasteiger partial charge in [0.15, 0.2) is 4.34 Å². The van der Waals surface area contributed by atoms with Crippen LogP contribution in [0.2, 0.25) is 10.0 Å². The molecule has 0 unspecified atom stereocenters. The lowest BCUT2D eigenvalue weighted by atomic mass is 10.1. The zero-order valence-electron chi connectivity index (χ0n) is 13.5. The number of hydrogen-bond acceptors (Lipinski definition) is 6. The standard InChI is InChI=1S/C15H18Cl2N4OS2/c1-4-18-14-20-21-15(24-14)23-9(3)13(22)19-8(2)11-6-5-10(16)7-12(11)17/h5-9H,4H2,1-3H3,(H,18,20)(H,19,22)/t8-,9-/m0/s1. The van der Waals surface area contributed by atoms with E-state index < -0.39 is 0 Å². The van der Waals surface area contributed by atoms with Crippen LogP contribution < -0.4 is 10.6 Å². The van der Waals surface area contributed by atoms with E-state index in [4.69, 9.17) is 23.2 Å². The third kappa shape index (κ3) is 5.24. The van der Waals surface area contributed by atoms with E-state index >= 15 is 0 Å². The molecule has 130 valence electrons. The Morgan fingerprint density at radius 3 is 2.75 bits per heavy atom. The van der Waals surface area contributed by atoms with Crippen LogP contribution >= 0.6 is 46.3 Å². The number of nitrogens with zero attached hydrogens (tertiary/aromatic N) is 2. The van der Waals surface area contributed by atoms with Crippen molar-refractivity contribution in [2.24, 2.45) is 0 Å². The molecule has 0 fully saturated rings. The molecule has 0 saturated heterocycles. The number of carbonyl (C=O) groups is 1. The Balaban J connectivity index is 1.94. The Morgan fingerprint density at radius 2 is 2.08 bits per heavy atom. The third-order valence-electron chi connectivity index (χ3n) is 3.17. The second-order valence-corrected chi connectivity index (χ2v) is 8.47. The molecular formula is C15H18Cl2N4OS2. The molecule has 2 aromatic rings. The lowest BCUT2D eigenvalue weighted by Crippen LogP contribution is -2.33.